The van der Waals surface area contributed by atoms with Crippen LogP contribution in [0.5, 0.6) is 0 Å². The number of carbonyl (C=O) groups excluding carboxylic acids is 1. The van der Waals surface area contributed by atoms with Crippen LogP contribution >= 0.6 is 37.2 Å². The van der Waals surface area contributed by atoms with Crippen molar-refractivity contribution in [1.29, 1.82) is 5.26 Å². The molecule has 2 aromatic heterocycles. The van der Waals surface area contributed by atoms with Gasteiger partial charge in [-0.3, -0.25) is 0 Å². The van der Waals surface area contributed by atoms with Crippen molar-refractivity contribution in [2.75, 3.05) is 0 Å². The van der Waals surface area contributed by atoms with Crippen molar-refractivity contribution in [3.05, 3.63) is 262 Å². The lowest BCUT2D eigenvalue weighted by atomic mass is 10.1. The Labute approximate surface area is 529 Å². The second kappa shape index (κ2) is 43.3. The maximum absolute atomic E-state index is 11.7. The molecule has 10 rings (SSSR count). The van der Waals surface area contributed by atoms with E-state index in [2.05, 4.69) is 73.9 Å². The van der Waals surface area contributed by atoms with Gasteiger partial charge in [0.2, 0.25) is 11.6 Å². The quantitative estimate of drug-likeness (QED) is 0.0262. The molecule has 10 aromatic rings. The molecule has 0 amide bonds. The van der Waals surface area contributed by atoms with E-state index in [1.54, 1.807) is 48.5 Å². The Kier molecular flexibility index (Phi) is 37.6. The zero-order valence-electron chi connectivity index (χ0n) is 49.2. The number of nitrogens with zero attached hydrogens (tertiary/aromatic N) is 7. The molecule has 0 aliphatic heterocycles. The number of oxime groups is 2. The molecule has 0 atom stereocenters. The summed E-state index contributed by atoms with van der Waals surface area (Å²) in [5.41, 5.74) is 21.7. The van der Waals surface area contributed by atoms with Gasteiger partial charge < -0.3 is 35.7 Å². The first-order chi connectivity index (χ1) is 41.3. The summed E-state index contributed by atoms with van der Waals surface area (Å²) < 4.78 is 10.5. The summed E-state index contributed by atoms with van der Waals surface area (Å²) >= 11 is 4.24. The van der Waals surface area contributed by atoms with Crippen molar-refractivity contribution in [3.8, 4) is 51.8 Å². The SMILES string of the molecule is C.CC.CC.CC.Cc1cccc(-c2noc(-c3ccccc3)n2)c1.Cc1cccc(/C(N)=N/O)c1.Cc1cccc(/C(N)=N/OC(=O)c2ccccc2)c1.Cc1cccc(C#N)c1.II.O=C(O)c1cccc(-c2noc(-c3ccccc3)n2)c1. The van der Waals surface area contributed by atoms with E-state index in [1.807, 2.05) is 221 Å². The molecule has 16 nitrogen and oxygen atoms in total. The van der Waals surface area contributed by atoms with E-state index >= 15 is 0 Å². The second-order valence-electron chi connectivity index (χ2n) is 16.8. The van der Waals surface area contributed by atoms with Crippen LogP contribution in [0.2, 0.25) is 0 Å². The molecule has 0 spiro atoms. The molecule has 0 aliphatic rings. The average Bonchev–Trinajstić information content (AvgIpc) is 4.47. The smallest absolute Gasteiger partial charge is 0.365 e. The van der Waals surface area contributed by atoms with E-state index in [4.69, 9.17) is 40.9 Å². The summed E-state index contributed by atoms with van der Waals surface area (Å²) in [6.07, 6.45) is 0. The van der Waals surface area contributed by atoms with Gasteiger partial charge in [-0.1, -0.05) is 220 Å². The normalized spacial score (nSPS) is 9.71. The van der Waals surface area contributed by atoms with E-state index in [9.17, 15) is 9.59 Å². The summed E-state index contributed by atoms with van der Waals surface area (Å²) in [6.45, 7) is 19.9. The van der Waals surface area contributed by atoms with Gasteiger partial charge in [-0.15, -0.1) is 0 Å². The largest absolute Gasteiger partial charge is 0.478 e. The average molecular weight is 1380 g/mol. The summed E-state index contributed by atoms with van der Waals surface area (Å²) in [5, 5.41) is 40.2. The first-order valence-corrected chi connectivity index (χ1v) is 33.1. The molecule has 8 aromatic carbocycles. The highest BCUT2D eigenvalue weighted by atomic mass is 128. The third-order valence-corrected chi connectivity index (χ3v) is 10.7. The van der Waals surface area contributed by atoms with Gasteiger partial charge in [-0.2, -0.15) is 15.2 Å². The molecule has 6 N–H and O–H groups in total. The van der Waals surface area contributed by atoms with Crippen LogP contribution in [-0.4, -0.2) is 54.2 Å². The van der Waals surface area contributed by atoms with Crippen molar-refractivity contribution in [1.82, 2.24) is 20.3 Å². The van der Waals surface area contributed by atoms with Crippen LogP contribution < -0.4 is 11.5 Å². The Bertz CT molecular complexity index is 3630. The molecule has 18 heteroatoms. The number of carboxylic acid groups (broad SMARTS) is 1. The monoisotopic (exact) mass is 1380 g/mol. The predicted octanol–water partition coefficient (Wildman–Crippen LogP) is 17.7. The Morgan fingerprint density at radius 2 is 0.849 bits per heavy atom. The minimum atomic E-state index is -0.987. The highest BCUT2D eigenvalue weighted by molar-refractivity contribution is 15.0. The van der Waals surface area contributed by atoms with Gasteiger partial charge in [0.05, 0.1) is 22.8 Å². The molecular formula is C68H75I2N9O7. The summed E-state index contributed by atoms with van der Waals surface area (Å²) in [5.74, 6) is 0.745. The van der Waals surface area contributed by atoms with E-state index in [-0.39, 0.29) is 24.7 Å². The number of benzene rings is 8. The highest BCUT2D eigenvalue weighted by Crippen LogP contribution is 2.24. The van der Waals surface area contributed by atoms with E-state index < -0.39 is 11.9 Å². The van der Waals surface area contributed by atoms with Crippen molar-refractivity contribution in [3.63, 3.8) is 0 Å². The van der Waals surface area contributed by atoms with Gasteiger partial charge in [-0.25, -0.2) is 9.59 Å². The van der Waals surface area contributed by atoms with Crippen molar-refractivity contribution >= 4 is 60.8 Å². The Hall–Kier alpha value is -9.33. The van der Waals surface area contributed by atoms with E-state index in [0.717, 1.165) is 50.1 Å². The van der Waals surface area contributed by atoms with Crippen LogP contribution in [0.3, 0.4) is 0 Å². The number of hydrogen-bond donors (Lipinski definition) is 4. The number of hydrogen-bond acceptors (Lipinski definition) is 13. The summed E-state index contributed by atoms with van der Waals surface area (Å²) in [7, 11) is 0. The lowest BCUT2D eigenvalue weighted by molar-refractivity contribution is 0.0515. The topological polar surface area (TPSA) is 262 Å². The lowest BCUT2D eigenvalue weighted by Crippen LogP contribution is -2.15. The molecule has 0 unspecified atom stereocenters. The number of carbonyl (C=O) groups is 2. The van der Waals surface area contributed by atoms with Crippen LogP contribution in [0.4, 0.5) is 0 Å². The molecular weight excluding hydrogens is 1310 g/mol. The zero-order valence-corrected chi connectivity index (χ0v) is 53.5. The molecule has 86 heavy (non-hydrogen) atoms. The van der Waals surface area contributed by atoms with Gasteiger partial charge in [-0.05, 0) is 112 Å². The maximum Gasteiger partial charge on any atom is 0.365 e. The third-order valence-electron chi connectivity index (χ3n) is 10.7. The van der Waals surface area contributed by atoms with Gasteiger partial charge in [0, 0.05) is 70.6 Å². The molecule has 2 heterocycles. The number of aromatic carboxylic acids is 1. The molecule has 0 saturated carbocycles. The van der Waals surface area contributed by atoms with Crippen LogP contribution in [0.15, 0.2) is 232 Å². The predicted molar refractivity (Wildman–Crippen MR) is 364 cm³/mol. The Morgan fingerprint density at radius 3 is 1.26 bits per heavy atom. The van der Waals surface area contributed by atoms with Crippen LogP contribution in [-0.2, 0) is 4.84 Å². The Balaban J connectivity index is 0.000000532. The number of amidine groups is 2. The standard InChI is InChI=1S/C15H10N2O3.C15H14N2O2.C15H12N2O.C8H10N2O.C8H7N.3C2H6.CH4.I2/c18-15(19)12-8-4-7-11(9-12)13-16-14(20-17-13)10-5-2-1-3-6-10;1-11-6-5-9-13(10-11)14(16)17-19-15(18)12-7-3-2-4-8-12;1-11-6-5-9-13(10-11)14-16-15(18-17-14)12-7-3-2-4-8-12;1-6-3-2-4-7(5-6)8(9)10-11;1-7-3-2-4-8(5-7)6-9;3*1-2;;1-2/h1-9H,(H,18,19);2-10H,1H3,(H2,16,17);2-10H,1H3;2-5,11H,1H3,(H2,9,10);2-5H,1H3;3*1-2H3;1H4;. The van der Waals surface area contributed by atoms with Crippen molar-refractivity contribution in [2.45, 2.75) is 76.7 Å². The number of aryl methyl sites for hydroxylation is 4. The highest BCUT2D eigenvalue weighted by Gasteiger charge is 2.13. The molecule has 0 fully saturated rings. The van der Waals surface area contributed by atoms with Gasteiger partial charge in [0.25, 0.3) is 11.8 Å². The van der Waals surface area contributed by atoms with Crippen LogP contribution in [0.25, 0.3) is 45.7 Å². The minimum Gasteiger partial charge on any atom is -0.478 e. The van der Waals surface area contributed by atoms with Gasteiger partial charge >= 0.3 is 11.9 Å². The summed E-state index contributed by atoms with van der Waals surface area (Å²) in [4.78, 5) is 36.1. The van der Waals surface area contributed by atoms with Gasteiger partial charge in [0.15, 0.2) is 11.7 Å². The fraction of sp³-hybridized carbons (Fsp3) is 0.162. The zero-order chi connectivity index (χ0) is 62.9. The maximum atomic E-state index is 11.7. The first-order valence-electron chi connectivity index (χ1n) is 26.8. The van der Waals surface area contributed by atoms with Crippen molar-refractivity contribution < 1.29 is 33.8 Å². The minimum absolute atomic E-state index is 0. The number of halogens is 2. The fourth-order valence-corrected chi connectivity index (χ4v) is 6.80. The molecule has 0 saturated heterocycles. The molecule has 0 bridgehead atoms. The number of aromatic nitrogens is 4. The second-order valence-corrected chi connectivity index (χ2v) is 16.8. The van der Waals surface area contributed by atoms with Crippen molar-refractivity contribution in [2.24, 2.45) is 21.8 Å². The fourth-order valence-electron chi connectivity index (χ4n) is 6.80. The van der Waals surface area contributed by atoms with Gasteiger partial charge in [0.1, 0.15) is 0 Å². The Morgan fingerprint density at radius 1 is 0.488 bits per heavy atom. The molecule has 448 valence electrons. The lowest BCUT2D eigenvalue weighted by Gasteiger charge is -2.02. The van der Waals surface area contributed by atoms with E-state index in [1.165, 1.54) is 17.7 Å². The molecule has 0 aliphatic carbocycles. The van der Waals surface area contributed by atoms with Crippen LogP contribution in [0, 0.1) is 39.0 Å². The summed E-state index contributed by atoms with van der Waals surface area (Å²) in [6, 6.07) is 66.8. The van der Waals surface area contributed by atoms with E-state index in [0.29, 0.717) is 34.6 Å². The molecule has 0 radical (unpaired) electrons. The first kappa shape index (κ1) is 74.7. The number of rotatable bonds is 9. The third kappa shape index (κ3) is 26.5. The number of nitriles is 1. The number of carboxylic acids is 1. The number of nitrogens with two attached hydrogens (primary N) is 2. The van der Waals surface area contributed by atoms with Crippen LogP contribution in [0.1, 0.15) is 109 Å².